The fraction of sp³-hybridized carbons (Fsp3) is 0.211. The zero-order chi connectivity index (χ0) is 19.5. The number of hydrogen-bond acceptors (Lipinski definition) is 8. The van der Waals surface area contributed by atoms with Crippen molar-refractivity contribution in [3.63, 3.8) is 0 Å². The summed E-state index contributed by atoms with van der Waals surface area (Å²) >= 11 is 0. The maximum Gasteiger partial charge on any atom is 0.306 e. The highest BCUT2D eigenvalue weighted by Crippen LogP contribution is 2.16. The van der Waals surface area contributed by atoms with E-state index in [4.69, 9.17) is 13.7 Å². The van der Waals surface area contributed by atoms with Crippen LogP contribution in [0.3, 0.4) is 0 Å². The van der Waals surface area contributed by atoms with E-state index in [0.717, 1.165) is 5.69 Å². The molecule has 0 amide bonds. The summed E-state index contributed by atoms with van der Waals surface area (Å²) in [6.45, 7) is 1.74. The van der Waals surface area contributed by atoms with Crippen LogP contribution in [0.25, 0.3) is 17.2 Å². The average Bonchev–Trinajstić information content (AvgIpc) is 3.36. The Bertz CT molecular complexity index is 1180. The summed E-state index contributed by atoms with van der Waals surface area (Å²) in [5.74, 6) is 0.663. The largest absolute Gasteiger partial charge is 0.461 e. The number of aryl methyl sites for hydroxylation is 2. The number of fused-ring (bicyclic) bond motifs is 1. The van der Waals surface area contributed by atoms with E-state index >= 15 is 0 Å². The zero-order valence-electron chi connectivity index (χ0n) is 15.0. The lowest BCUT2D eigenvalue weighted by molar-refractivity contribution is -0.145. The highest BCUT2D eigenvalue weighted by molar-refractivity contribution is 5.69. The van der Waals surface area contributed by atoms with Crippen molar-refractivity contribution in [3.05, 3.63) is 70.3 Å². The molecule has 0 saturated heterocycles. The van der Waals surface area contributed by atoms with Crippen LogP contribution in [0.1, 0.15) is 23.7 Å². The smallest absolute Gasteiger partial charge is 0.306 e. The predicted molar refractivity (Wildman–Crippen MR) is 96.3 cm³/mol. The molecule has 0 aliphatic rings. The van der Waals surface area contributed by atoms with Crippen molar-refractivity contribution in [2.75, 3.05) is 0 Å². The zero-order valence-corrected chi connectivity index (χ0v) is 15.0. The minimum Gasteiger partial charge on any atom is -0.461 e. The first kappa shape index (κ1) is 17.7. The van der Waals surface area contributed by atoms with Crippen LogP contribution in [0.4, 0.5) is 0 Å². The number of pyridine rings is 1. The molecule has 9 heteroatoms. The maximum absolute atomic E-state index is 12.2. The van der Waals surface area contributed by atoms with Gasteiger partial charge in [-0.15, -0.1) is 0 Å². The minimum absolute atomic E-state index is 0.0610. The quantitative estimate of drug-likeness (QED) is 0.468. The van der Waals surface area contributed by atoms with E-state index in [1.165, 1.54) is 16.7 Å². The molecular formula is C19H16N4O5. The number of esters is 1. The summed E-state index contributed by atoms with van der Waals surface area (Å²) in [5.41, 5.74) is 1.47. The minimum atomic E-state index is -0.455. The summed E-state index contributed by atoms with van der Waals surface area (Å²) in [6, 6.07) is 10.2. The summed E-state index contributed by atoms with van der Waals surface area (Å²) < 4.78 is 17.0. The van der Waals surface area contributed by atoms with E-state index in [0.29, 0.717) is 28.8 Å². The van der Waals surface area contributed by atoms with Gasteiger partial charge in [-0.25, -0.2) is 4.98 Å². The second-order valence-electron chi connectivity index (χ2n) is 6.10. The second-order valence-corrected chi connectivity index (χ2v) is 6.10. The van der Waals surface area contributed by atoms with Crippen LogP contribution in [0.15, 0.2) is 56.4 Å². The Morgan fingerprint density at radius 1 is 1.21 bits per heavy atom. The molecule has 4 heterocycles. The Balaban J connectivity index is 1.35. The Morgan fingerprint density at radius 2 is 2.11 bits per heavy atom. The molecule has 0 aliphatic carbocycles. The Morgan fingerprint density at radius 3 is 2.93 bits per heavy atom. The highest BCUT2D eigenvalue weighted by Gasteiger charge is 2.13. The van der Waals surface area contributed by atoms with E-state index in [1.54, 1.807) is 18.2 Å². The molecule has 4 rings (SSSR count). The average molecular weight is 380 g/mol. The van der Waals surface area contributed by atoms with Gasteiger partial charge in [0.15, 0.2) is 5.76 Å². The van der Waals surface area contributed by atoms with Gasteiger partial charge in [0.25, 0.3) is 5.56 Å². The van der Waals surface area contributed by atoms with Crippen molar-refractivity contribution in [1.29, 1.82) is 0 Å². The number of hydrogen-bond donors (Lipinski definition) is 0. The van der Waals surface area contributed by atoms with Crippen molar-refractivity contribution in [1.82, 2.24) is 19.5 Å². The lowest BCUT2D eigenvalue weighted by atomic mass is 10.3. The van der Waals surface area contributed by atoms with Gasteiger partial charge in [0.2, 0.25) is 11.7 Å². The fourth-order valence-electron chi connectivity index (χ4n) is 2.74. The Kier molecular flexibility index (Phi) is 4.71. The maximum atomic E-state index is 12.2. The van der Waals surface area contributed by atoms with Crippen molar-refractivity contribution in [2.24, 2.45) is 0 Å². The summed E-state index contributed by atoms with van der Waals surface area (Å²) in [5, 5.41) is 3.80. The van der Waals surface area contributed by atoms with Gasteiger partial charge in [0, 0.05) is 18.2 Å². The number of rotatable bonds is 6. The number of furan rings is 1. The fourth-order valence-corrected chi connectivity index (χ4v) is 2.74. The predicted octanol–water partition coefficient (Wildman–Crippen LogP) is 2.32. The van der Waals surface area contributed by atoms with Gasteiger partial charge in [-0.3, -0.25) is 14.0 Å². The van der Waals surface area contributed by atoms with Crippen LogP contribution in [0.2, 0.25) is 0 Å². The number of nitrogens with zero attached hydrogens (tertiary/aromatic N) is 4. The third-order valence-corrected chi connectivity index (χ3v) is 4.07. The van der Waals surface area contributed by atoms with E-state index in [2.05, 4.69) is 15.1 Å². The first-order valence-electron chi connectivity index (χ1n) is 8.60. The van der Waals surface area contributed by atoms with E-state index in [9.17, 15) is 9.59 Å². The highest BCUT2D eigenvalue weighted by atomic mass is 16.5. The molecule has 0 spiro atoms. The standard InChI is InChI=1S/C19H16N4O5/c1-12-4-2-6-15-20-13(10-17(24)23(12)15)11-27-18(25)8-7-16-21-19(22-28-16)14-5-3-9-26-14/h2-6,9-10H,7-8,11H2,1H3. The van der Waals surface area contributed by atoms with Crippen LogP contribution >= 0.6 is 0 Å². The molecule has 0 aromatic carbocycles. The van der Waals surface area contributed by atoms with Crippen molar-refractivity contribution >= 4 is 11.6 Å². The second kappa shape index (κ2) is 7.47. The molecule has 0 radical (unpaired) electrons. The molecule has 0 aliphatic heterocycles. The molecule has 0 bridgehead atoms. The first-order chi connectivity index (χ1) is 13.6. The third kappa shape index (κ3) is 3.68. The summed E-state index contributed by atoms with van der Waals surface area (Å²) in [4.78, 5) is 32.7. The SMILES string of the molecule is Cc1cccc2nc(COC(=O)CCc3nc(-c4ccco4)no3)cc(=O)n12. The molecule has 0 fully saturated rings. The first-order valence-corrected chi connectivity index (χ1v) is 8.60. The molecule has 142 valence electrons. The van der Waals surface area contributed by atoms with E-state index in [-0.39, 0.29) is 25.0 Å². The number of carbonyl (C=O) groups is 1. The molecule has 0 unspecified atom stereocenters. The van der Waals surface area contributed by atoms with Crippen molar-refractivity contribution in [3.8, 4) is 11.6 Å². The topological polar surface area (TPSA) is 113 Å². The molecular weight excluding hydrogens is 364 g/mol. The van der Waals surface area contributed by atoms with Gasteiger partial charge in [-0.2, -0.15) is 4.98 Å². The summed E-state index contributed by atoms with van der Waals surface area (Å²) in [7, 11) is 0. The molecule has 0 saturated carbocycles. The Hall–Kier alpha value is -3.75. The number of aromatic nitrogens is 4. The molecule has 4 aromatic rings. The third-order valence-electron chi connectivity index (χ3n) is 4.07. The lowest BCUT2D eigenvalue weighted by Crippen LogP contribution is -2.18. The molecule has 4 aromatic heterocycles. The van der Waals surface area contributed by atoms with Gasteiger partial charge in [-0.05, 0) is 31.2 Å². The lowest BCUT2D eigenvalue weighted by Gasteiger charge is -2.07. The molecule has 9 nitrogen and oxygen atoms in total. The van der Waals surface area contributed by atoms with Gasteiger partial charge in [0.1, 0.15) is 12.3 Å². The van der Waals surface area contributed by atoms with E-state index in [1.807, 2.05) is 19.1 Å². The number of carbonyl (C=O) groups excluding carboxylic acids is 1. The number of ether oxygens (including phenoxy) is 1. The van der Waals surface area contributed by atoms with E-state index < -0.39 is 5.97 Å². The normalized spacial score (nSPS) is 11.0. The van der Waals surface area contributed by atoms with Gasteiger partial charge in [-0.1, -0.05) is 11.2 Å². The molecule has 28 heavy (non-hydrogen) atoms. The van der Waals surface area contributed by atoms with Crippen LogP contribution in [0, 0.1) is 6.92 Å². The van der Waals surface area contributed by atoms with Crippen LogP contribution in [-0.2, 0) is 22.6 Å². The van der Waals surface area contributed by atoms with Gasteiger partial charge < -0.3 is 13.7 Å². The Labute approximate surface area is 158 Å². The van der Waals surface area contributed by atoms with Crippen LogP contribution in [0.5, 0.6) is 0 Å². The molecule has 0 N–H and O–H groups in total. The van der Waals surface area contributed by atoms with Crippen molar-refractivity contribution in [2.45, 2.75) is 26.4 Å². The van der Waals surface area contributed by atoms with Crippen LogP contribution < -0.4 is 5.56 Å². The monoisotopic (exact) mass is 380 g/mol. The van der Waals surface area contributed by atoms with Crippen LogP contribution in [-0.4, -0.2) is 25.5 Å². The molecule has 0 atom stereocenters. The van der Waals surface area contributed by atoms with Gasteiger partial charge in [0.05, 0.1) is 18.4 Å². The van der Waals surface area contributed by atoms with Gasteiger partial charge >= 0.3 is 5.97 Å². The summed E-state index contributed by atoms with van der Waals surface area (Å²) in [6.07, 6.45) is 1.81. The van der Waals surface area contributed by atoms with Crippen molar-refractivity contribution < 1.29 is 18.5 Å².